The second-order valence-electron chi connectivity index (χ2n) is 6.18. The van der Waals surface area contributed by atoms with Crippen molar-refractivity contribution < 1.29 is 14.0 Å². The standard InChI is InChI=1S/C20H20FN3O2S/c1-3-24-18(25)12-17(19(26)22-15-8-4-6-13(2)10-15)27-20(24)23-16-9-5-7-14(21)11-16/h4-11,17H,3,12H2,1-2H3,(H,22,26). The molecule has 27 heavy (non-hydrogen) atoms. The van der Waals surface area contributed by atoms with Gasteiger partial charge in [0.15, 0.2) is 5.17 Å². The van der Waals surface area contributed by atoms with Gasteiger partial charge in [-0.3, -0.25) is 14.5 Å². The van der Waals surface area contributed by atoms with Crippen LogP contribution in [0.25, 0.3) is 0 Å². The number of carbonyl (C=O) groups is 2. The van der Waals surface area contributed by atoms with E-state index in [1.165, 1.54) is 28.8 Å². The summed E-state index contributed by atoms with van der Waals surface area (Å²) in [5.41, 5.74) is 2.13. The molecule has 0 radical (unpaired) electrons. The van der Waals surface area contributed by atoms with E-state index in [2.05, 4.69) is 10.3 Å². The van der Waals surface area contributed by atoms with Gasteiger partial charge in [-0.25, -0.2) is 9.38 Å². The molecule has 2 aromatic carbocycles. The predicted octanol–water partition coefficient (Wildman–Crippen LogP) is 4.11. The van der Waals surface area contributed by atoms with Crippen LogP contribution in [-0.4, -0.2) is 33.7 Å². The maximum Gasteiger partial charge on any atom is 0.238 e. The van der Waals surface area contributed by atoms with Gasteiger partial charge in [-0.1, -0.05) is 30.0 Å². The van der Waals surface area contributed by atoms with Crippen LogP contribution in [0.5, 0.6) is 0 Å². The maximum atomic E-state index is 13.4. The number of amidine groups is 1. The third kappa shape index (κ3) is 4.74. The number of halogens is 1. The molecule has 1 aliphatic rings. The van der Waals surface area contributed by atoms with Crippen molar-refractivity contribution in [3.63, 3.8) is 0 Å². The molecule has 0 spiro atoms. The van der Waals surface area contributed by atoms with Gasteiger partial charge in [0.25, 0.3) is 0 Å². The molecule has 0 saturated carbocycles. The van der Waals surface area contributed by atoms with E-state index in [9.17, 15) is 14.0 Å². The lowest BCUT2D eigenvalue weighted by Crippen LogP contribution is -2.45. The Labute approximate surface area is 161 Å². The smallest absolute Gasteiger partial charge is 0.238 e. The third-order valence-electron chi connectivity index (χ3n) is 4.07. The van der Waals surface area contributed by atoms with Crippen LogP contribution in [0.15, 0.2) is 53.5 Å². The fraction of sp³-hybridized carbons (Fsp3) is 0.250. The molecule has 1 heterocycles. The molecule has 0 aliphatic carbocycles. The molecule has 140 valence electrons. The lowest BCUT2D eigenvalue weighted by Gasteiger charge is -2.30. The van der Waals surface area contributed by atoms with Gasteiger partial charge in [0.2, 0.25) is 11.8 Å². The van der Waals surface area contributed by atoms with Crippen molar-refractivity contribution in [3.05, 3.63) is 59.9 Å². The zero-order valence-corrected chi connectivity index (χ0v) is 15.9. The first-order valence-electron chi connectivity index (χ1n) is 8.65. The molecule has 2 amide bonds. The van der Waals surface area contributed by atoms with Crippen molar-refractivity contribution in [2.24, 2.45) is 4.99 Å². The van der Waals surface area contributed by atoms with Gasteiger partial charge in [0.05, 0.1) is 5.69 Å². The van der Waals surface area contributed by atoms with E-state index < -0.39 is 11.1 Å². The topological polar surface area (TPSA) is 61.8 Å². The number of nitrogens with one attached hydrogen (secondary N) is 1. The Hall–Kier alpha value is -2.67. The van der Waals surface area contributed by atoms with E-state index in [0.29, 0.717) is 23.1 Å². The van der Waals surface area contributed by atoms with Crippen molar-refractivity contribution in [1.82, 2.24) is 4.90 Å². The number of anilines is 1. The minimum atomic E-state index is -0.590. The number of carbonyl (C=O) groups excluding carboxylic acids is 2. The molecule has 1 atom stereocenters. The molecule has 1 fully saturated rings. The van der Waals surface area contributed by atoms with Crippen molar-refractivity contribution in [2.45, 2.75) is 25.5 Å². The average Bonchev–Trinajstić information content (AvgIpc) is 2.61. The van der Waals surface area contributed by atoms with E-state index in [1.54, 1.807) is 18.2 Å². The summed E-state index contributed by atoms with van der Waals surface area (Å²) in [6, 6.07) is 13.3. The predicted molar refractivity (Wildman–Crippen MR) is 107 cm³/mol. The van der Waals surface area contributed by atoms with Gasteiger partial charge >= 0.3 is 0 Å². The SMILES string of the molecule is CCN1C(=O)CC(C(=O)Nc2cccc(C)c2)SC1=Nc1cccc(F)c1. The van der Waals surface area contributed by atoms with Gasteiger partial charge in [-0.2, -0.15) is 0 Å². The van der Waals surface area contributed by atoms with Gasteiger partial charge < -0.3 is 5.32 Å². The normalized spacial score (nSPS) is 18.6. The summed E-state index contributed by atoms with van der Waals surface area (Å²) in [6.07, 6.45) is 0.0956. The van der Waals surface area contributed by atoms with Crippen LogP contribution in [0.1, 0.15) is 18.9 Å². The Morgan fingerprint density at radius 2 is 2.07 bits per heavy atom. The van der Waals surface area contributed by atoms with Crippen LogP contribution in [-0.2, 0) is 9.59 Å². The number of rotatable bonds is 4. The third-order valence-corrected chi connectivity index (χ3v) is 5.25. The monoisotopic (exact) mass is 385 g/mol. The molecule has 0 aromatic heterocycles. The van der Waals surface area contributed by atoms with Crippen LogP contribution >= 0.6 is 11.8 Å². The number of aryl methyl sites for hydroxylation is 1. The Kier molecular flexibility index (Phi) is 5.91. The van der Waals surface area contributed by atoms with Gasteiger partial charge in [0, 0.05) is 18.7 Å². The van der Waals surface area contributed by atoms with Crippen molar-refractivity contribution in [2.75, 3.05) is 11.9 Å². The summed E-state index contributed by atoms with van der Waals surface area (Å²) in [4.78, 5) is 31.1. The highest BCUT2D eigenvalue weighted by Gasteiger charge is 2.35. The van der Waals surface area contributed by atoms with Crippen molar-refractivity contribution >= 4 is 40.1 Å². The average molecular weight is 385 g/mol. The molecule has 7 heteroatoms. The fourth-order valence-electron chi connectivity index (χ4n) is 2.75. The quantitative estimate of drug-likeness (QED) is 0.861. The van der Waals surface area contributed by atoms with Crippen LogP contribution < -0.4 is 5.32 Å². The van der Waals surface area contributed by atoms with Crippen LogP contribution in [0.4, 0.5) is 15.8 Å². The molecule has 1 unspecified atom stereocenters. The van der Waals surface area contributed by atoms with E-state index in [0.717, 1.165) is 5.56 Å². The first-order chi connectivity index (χ1) is 13.0. The van der Waals surface area contributed by atoms with Gasteiger partial charge in [0.1, 0.15) is 11.1 Å². The van der Waals surface area contributed by atoms with E-state index in [4.69, 9.17) is 0 Å². The van der Waals surface area contributed by atoms with E-state index >= 15 is 0 Å². The Morgan fingerprint density at radius 1 is 1.30 bits per heavy atom. The van der Waals surface area contributed by atoms with E-state index in [-0.39, 0.29) is 18.2 Å². The summed E-state index contributed by atoms with van der Waals surface area (Å²) < 4.78 is 13.4. The highest BCUT2D eigenvalue weighted by atomic mass is 32.2. The molecule has 2 aromatic rings. The molecule has 1 N–H and O–H groups in total. The Morgan fingerprint density at radius 3 is 2.78 bits per heavy atom. The molecule has 0 bridgehead atoms. The van der Waals surface area contributed by atoms with Crippen LogP contribution in [0, 0.1) is 12.7 Å². The summed E-state index contributed by atoms with van der Waals surface area (Å²) in [7, 11) is 0. The van der Waals surface area contributed by atoms with Crippen LogP contribution in [0.2, 0.25) is 0 Å². The number of amides is 2. The zero-order valence-electron chi connectivity index (χ0n) is 15.1. The summed E-state index contributed by atoms with van der Waals surface area (Å²) in [5.74, 6) is -0.821. The highest BCUT2D eigenvalue weighted by Crippen LogP contribution is 2.30. The maximum absolute atomic E-state index is 13.4. The number of aliphatic imine (C=N–C) groups is 1. The molecule has 5 nitrogen and oxygen atoms in total. The number of benzene rings is 2. The Bertz CT molecular complexity index is 900. The fourth-order valence-corrected chi connectivity index (χ4v) is 3.92. The molecular weight excluding hydrogens is 365 g/mol. The van der Waals surface area contributed by atoms with Gasteiger partial charge in [-0.05, 0) is 49.7 Å². The van der Waals surface area contributed by atoms with Crippen molar-refractivity contribution in [3.8, 4) is 0 Å². The lowest BCUT2D eigenvalue weighted by molar-refractivity contribution is -0.129. The minimum absolute atomic E-state index is 0.0956. The first-order valence-corrected chi connectivity index (χ1v) is 9.53. The first kappa shape index (κ1) is 19.1. The summed E-state index contributed by atoms with van der Waals surface area (Å²) in [5, 5.41) is 2.67. The molecule has 3 rings (SSSR count). The highest BCUT2D eigenvalue weighted by molar-refractivity contribution is 8.15. The number of thioether (sulfide) groups is 1. The molecule has 1 aliphatic heterocycles. The molecular formula is C20H20FN3O2S. The summed E-state index contributed by atoms with van der Waals surface area (Å²) >= 11 is 1.22. The van der Waals surface area contributed by atoms with E-state index in [1.807, 2.05) is 32.0 Å². The minimum Gasteiger partial charge on any atom is -0.325 e. The Balaban J connectivity index is 1.81. The second kappa shape index (κ2) is 8.35. The van der Waals surface area contributed by atoms with Crippen LogP contribution in [0.3, 0.4) is 0 Å². The second-order valence-corrected chi connectivity index (χ2v) is 7.35. The number of hydrogen-bond acceptors (Lipinski definition) is 4. The molecule has 1 saturated heterocycles. The number of nitrogens with zero attached hydrogens (tertiary/aromatic N) is 2. The largest absolute Gasteiger partial charge is 0.325 e. The lowest BCUT2D eigenvalue weighted by atomic mass is 10.2. The van der Waals surface area contributed by atoms with Crippen molar-refractivity contribution in [1.29, 1.82) is 0 Å². The summed E-state index contributed by atoms with van der Waals surface area (Å²) in [6.45, 7) is 4.22. The number of hydrogen-bond donors (Lipinski definition) is 1. The zero-order chi connectivity index (χ0) is 19.4. The van der Waals surface area contributed by atoms with Gasteiger partial charge in [-0.15, -0.1) is 0 Å².